The molecule has 27 nitrogen and oxygen atoms in total. The van der Waals surface area contributed by atoms with Gasteiger partial charge in [0.15, 0.2) is 29.2 Å². The van der Waals surface area contributed by atoms with Gasteiger partial charge in [-0.2, -0.15) is 9.29 Å². The zero-order valence-corrected chi connectivity index (χ0v) is 30.5. The predicted molar refractivity (Wildman–Crippen MR) is 186 cm³/mol. The van der Waals surface area contributed by atoms with E-state index in [9.17, 15) is 54.0 Å². The Hall–Kier alpha value is -4.82. The van der Waals surface area contributed by atoms with Crippen molar-refractivity contribution in [2.45, 2.75) is 63.2 Å². The number of H-pyrrole nitrogens is 1. The Balaban J connectivity index is 1.10. The van der Waals surface area contributed by atoms with Gasteiger partial charge in [-0.3, -0.25) is 23.4 Å². The number of nitrogen functional groups attached to an aromatic ring is 1. The van der Waals surface area contributed by atoms with E-state index >= 15 is 0 Å². The summed E-state index contributed by atoms with van der Waals surface area (Å²) in [4.78, 5) is 69.6. The van der Waals surface area contributed by atoms with Gasteiger partial charge in [-0.05, 0) is 36.6 Å². The van der Waals surface area contributed by atoms with Crippen molar-refractivity contribution in [2.75, 3.05) is 18.9 Å². The molecule has 2 unspecified atom stereocenters. The summed E-state index contributed by atoms with van der Waals surface area (Å²) in [5, 5.41) is 57.0. The second kappa shape index (κ2) is 15.6. The first kappa shape index (κ1) is 40.8. The molecule has 10 N–H and O–H groups in total. The van der Waals surface area contributed by atoms with E-state index in [1.807, 2.05) is 4.98 Å². The zero-order valence-electron chi connectivity index (χ0n) is 28.7. The number of ether oxygens (including phenoxy) is 1. The van der Waals surface area contributed by atoms with Crippen LogP contribution in [0.5, 0.6) is 0 Å². The van der Waals surface area contributed by atoms with E-state index in [1.54, 1.807) is 13.8 Å². The first-order chi connectivity index (χ1) is 26.3. The highest BCUT2D eigenvalue weighted by Crippen LogP contribution is 2.60. The van der Waals surface area contributed by atoms with Crippen LogP contribution >= 0.6 is 15.6 Å². The van der Waals surface area contributed by atoms with Crippen LogP contribution in [0.15, 0.2) is 33.4 Å². The lowest BCUT2D eigenvalue weighted by atomic mass is 10.0. The lowest BCUT2D eigenvalue weighted by molar-refractivity contribution is -0.0794. The van der Waals surface area contributed by atoms with Gasteiger partial charge in [0, 0.05) is 4.91 Å². The first-order valence-electron chi connectivity index (χ1n) is 16.0. The van der Waals surface area contributed by atoms with Crippen LogP contribution in [0.1, 0.15) is 17.4 Å². The number of benzene rings is 1. The van der Waals surface area contributed by atoms with Crippen molar-refractivity contribution in [1.82, 2.24) is 39.0 Å². The number of aliphatic hydroxyl groups is 5. The van der Waals surface area contributed by atoms with Gasteiger partial charge in [-0.1, -0.05) is 5.11 Å². The highest BCUT2D eigenvalue weighted by atomic mass is 31.3. The maximum absolute atomic E-state index is 12.7. The van der Waals surface area contributed by atoms with Crippen LogP contribution in [-0.4, -0.2) is 124 Å². The van der Waals surface area contributed by atoms with Crippen molar-refractivity contribution >= 4 is 49.3 Å². The summed E-state index contributed by atoms with van der Waals surface area (Å²) in [5.41, 5.74) is 13.8. The molecule has 2 aromatic heterocycles. The summed E-state index contributed by atoms with van der Waals surface area (Å²) in [7, 11) is -11.1. The van der Waals surface area contributed by atoms with Gasteiger partial charge in [0.05, 0.1) is 42.8 Å². The molecule has 6 rings (SSSR count). The number of nitrogens with two attached hydrogens (primary N) is 1. The highest BCUT2D eigenvalue weighted by molar-refractivity contribution is 7.61. The van der Waals surface area contributed by atoms with Crippen LogP contribution in [-0.2, 0) is 33.8 Å². The molecule has 1 saturated heterocycles. The second-order valence-electron chi connectivity index (χ2n) is 12.4. The maximum atomic E-state index is 12.7. The molecular weight excluding hydrogens is 794 g/mol. The first-order valence-corrected chi connectivity index (χ1v) is 19.0. The van der Waals surface area contributed by atoms with Crippen molar-refractivity contribution in [3.63, 3.8) is 0 Å². The number of imidazole rings is 1. The predicted octanol–water partition coefficient (Wildman–Crippen LogP) is -1.48. The number of aryl methyl sites for hydroxylation is 1. The molecule has 0 amide bonds. The summed E-state index contributed by atoms with van der Waals surface area (Å²) >= 11 is 0. The summed E-state index contributed by atoms with van der Waals surface area (Å²) in [5.74, 6) is -0.342. The number of aliphatic hydroxyl groups excluding tert-OH is 5. The monoisotopic (exact) mass is 826 g/mol. The number of aromatic nitrogens is 8. The summed E-state index contributed by atoms with van der Waals surface area (Å²) in [6, 6.07) is 1.52. The van der Waals surface area contributed by atoms with Gasteiger partial charge in [-0.15, -0.1) is 0 Å². The van der Waals surface area contributed by atoms with Crippen molar-refractivity contribution in [2.24, 2.45) is 5.11 Å². The molecule has 300 valence electrons. The molecule has 0 radical (unpaired) electrons. The Morgan fingerprint density at radius 2 is 1.77 bits per heavy atom. The minimum absolute atomic E-state index is 0.00881. The lowest BCUT2D eigenvalue weighted by Crippen LogP contribution is -2.42. The summed E-state index contributed by atoms with van der Waals surface area (Å²) in [6.07, 6.45) is -10.3. The smallest absolute Gasteiger partial charge is 0.388 e. The highest BCUT2D eigenvalue weighted by Gasteiger charge is 2.46. The Morgan fingerprint density at radius 1 is 1.05 bits per heavy atom. The lowest BCUT2D eigenvalue weighted by Gasteiger charge is -2.26. The van der Waals surface area contributed by atoms with Gasteiger partial charge in [0.2, 0.25) is 0 Å². The van der Waals surface area contributed by atoms with Crippen molar-refractivity contribution in [1.29, 1.82) is 0 Å². The quantitative estimate of drug-likeness (QED) is 0.0202. The Bertz CT molecular complexity index is 2540. The zero-order chi connectivity index (χ0) is 40.9. The Kier molecular flexibility index (Phi) is 11.4. The normalized spacial score (nSPS) is 22.4. The number of hydrogen-bond acceptors (Lipinski definition) is 20. The van der Waals surface area contributed by atoms with Gasteiger partial charge >= 0.3 is 21.3 Å². The fraction of sp³-hybridized carbons (Fsp3) is 0.444. The Morgan fingerprint density at radius 3 is 2.48 bits per heavy atom. The molecule has 0 saturated carbocycles. The molecule has 1 fully saturated rings. The average Bonchev–Trinajstić information content (AvgIpc) is 3.68. The number of fused-ring (bicyclic) bond motifs is 3. The molecule has 29 heteroatoms. The molecule has 3 aromatic rings. The number of phosphoric ester groups is 2. The van der Waals surface area contributed by atoms with Gasteiger partial charge in [0.25, 0.3) is 5.56 Å². The summed E-state index contributed by atoms with van der Waals surface area (Å²) in [6.45, 7) is 0.283. The van der Waals surface area contributed by atoms with Crippen LogP contribution in [0.4, 0.5) is 11.5 Å². The van der Waals surface area contributed by atoms with E-state index in [-0.39, 0.29) is 39.5 Å². The minimum atomic E-state index is -5.59. The van der Waals surface area contributed by atoms with E-state index in [4.69, 9.17) is 20.5 Å². The van der Waals surface area contributed by atoms with Crippen LogP contribution in [0.25, 0.3) is 44.2 Å². The third-order valence-electron chi connectivity index (χ3n) is 8.71. The number of anilines is 1. The molecule has 1 aromatic carbocycles. The van der Waals surface area contributed by atoms with Crippen LogP contribution in [0, 0.1) is 13.8 Å². The van der Waals surface area contributed by atoms with Crippen molar-refractivity contribution in [3.05, 3.63) is 61.1 Å². The third kappa shape index (κ3) is 8.04. The van der Waals surface area contributed by atoms with E-state index in [1.165, 1.54) is 17.0 Å². The SMILES string of the molecule is Cc1cc2c(nc3c(=O)[nH]c(=O)nc-3n2C[C@H](O)[C@H](O)[C@H](O)COP(=O)(O)OP(=O)(O)OC[C@H]2O[C@@H](n3cnc4c(N)ncnc43)[C@H](O)[C@@H]2O)c(N=[N+]=[N-])c1C. The van der Waals surface area contributed by atoms with Crippen LogP contribution in [0.3, 0.4) is 0 Å². The average molecular weight is 827 g/mol. The topological polar surface area (TPSA) is 412 Å². The fourth-order valence-electron chi connectivity index (χ4n) is 5.80. The number of rotatable bonds is 14. The molecule has 0 spiro atoms. The number of hydrogen-bond donors (Lipinski definition) is 9. The molecule has 9 atom stereocenters. The van der Waals surface area contributed by atoms with Gasteiger partial charge < -0.3 is 50.4 Å². The molecular formula is C27H32N12O15P2. The van der Waals surface area contributed by atoms with E-state index < -0.39 is 95.2 Å². The molecule has 3 aliphatic rings. The maximum Gasteiger partial charge on any atom is 0.481 e. The second-order valence-corrected chi connectivity index (χ2v) is 15.4. The fourth-order valence-corrected chi connectivity index (χ4v) is 7.90. The van der Waals surface area contributed by atoms with E-state index in [0.717, 1.165) is 10.9 Å². The Labute approximate surface area is 310 Å². The molecule has 0 aliphatic carbocycles. The number of nitrogens with one attached hydrogen (secondary N) is 1. The number of azide groups is 1. The number of phosphoric acid groups is 2. The van der Waals surface area contributed by atoms with Crippen molar-refractivity contribution in [3.8, 4) is 11.5 Å². The molecule has 56 heavy (non-hydrogen) atoms. The third-order valence-corrected chi connectivity index (χ3v) is 11.3. The minimum Gasteiger partial charge on any atom is -0.388 e. The van der Waals surface area contributed by atoms with Crippen molar-refractivity contribution < 1.29 is 62.5 Å². The van der Waals surface area contributed by atoms with Crippen LogP contribution < -0.4 is 17.0 Å². The van der Waals surface area contributed by atoms with E-state index in [2.05, 4.69) is 43.8 Å². The largest absolute Gasteiger partial charge is 0.481 e. The number of nitrogens with zero attached hydrogens (tertiary/aromatic N) is 10. The van der Waals surface area contributed by atoms with E-state index in [0.29, 0.717) is 11.1 Å². The molecule has 5 heterocycles. The molecule has 3 aliphatic heterocycles. The van der Waals surface area contributed by atoms with Gasteiger partial charge in [0.1, 0.15) is 48.5 Å². The van der Waals surface area contributed by atoms with Gasteiger partial charge in [-0.25, -0.2) is 33.9 Å². The molecule has 0 bridgehead atoms. The van der Waals surface area contributed by atoms with Crippen LogP contribution in [0.2, 0.25) is 0 Å². The summed E-state index contributed by atoms with van der Waals surface area (Å²) < 4.78 is 46.5. The number of aromatic amines is 1. The standard InChI is InChI=1S/C27H32N12O15P2/c1-9-3-11-16(15(10(9)2)36-37-29)33-18-24(34-27(46)35-25(18)45)38(11)4-12(40)19(42)13(41)5-51-55(47,48)54-56(49,50)52-6-14-20(43)21(44)26(53-14)39-8-32-17-22(28)30-7-31-23(17)39/h3,7-8,12-14,19-21,26,40-44H,4-6H2,1-2H3,(H,47,48)(H,49,50)(H2,28,30,31)(H,35,45,46)/t12-,13+,14+,19-,20+,21+,26+/m0/s1.